The van der Waals surface area contributed by atoms with Crippen molar-refractivity contribution in [3.8, 4) is 0 Å². The first-order chi connectivity index (χ1) is 8.63. The Morgan fingerprint density at radius 1 is 1.33 bits per heavy atom. The zero-order valence-corrected chi connectivity index (χ0v) is 11.6. The minimum Gasteiger partial charge on any atom is -0.321 e. The van der Waals surface area contributed by atoms with Gasteiger partial charge in [0.15, 0.2) is 10.6 Å². The summed E-state index contributed by atoms with van der Waals surface area (Å²) in [5, 5.41) is 0. The normalized spacial score (nSPS) is 11.8. The van der Waals surface area contributed by atoms with Gasteiger partial charge in [0.1, 0.15) is 0 Å². The zero-order chi connectivity index (χ0) is 13.1. The third-order valence-corrected chi connectivity index (χ3v) is 4.06. The minimum absolute atomic E-state index is 0.106. The van der Waals surface area contributed by atoms with Crippen LogP contribution in [0.25, 0.3) is 0 Å². The first kappa shape index (κ1) is 12.8. The lowest BCUT2D eigenvalue weighted by molar-refractivity contribution is 0.102. The fraction of sp³-hybridized carbons (Fsp3) is 0.286. The highest BCUT2D eigenvalue weighted by atomic mass is 32.1. The maximum atomic E-state index is 11.6. The number of benzene rings is 1. The van der Waals surface area contributed by atoms with E-state index in [1.165, 1.54) is 11.3 Å². The molecule has 0 aliphatic heterocycles. The van der Waals surface area contributed by atoms with Gasteiger partial charge in [-0.05, 0) is 26.0 Å². The molecule has 1 heterocycles. The predicted molar refractivity (Wildman–Crippen MR) is 74.4 cm³/mol. The quantitative estimate of drug-likeness (QED) is 0.780. The SMILES string of the molecule is CCn1c(C)c(C(C)=O)sc1=Nc1ccccc1. The fourth-order valence-corrected chi connectivity index (χ4v) is 2.99. The molecule has 4 heteroatoms. The number of Topliss-reactive ketones (excluding diaryl/α,β-unsaturated/α-hetero) is 1. The number of rotatable bonds is 3. The number of hydrogen-bond donors (Lipinski definition) is 0. The van der Waals surface area contributed by atoms with Gasteiger partial charge in [0, 0.05) is 19.2 Å². The molecule has 0 atom stereocenters. The number of carbonyl (C=O) groups excluding carboxylic acids is 1. The van der Waals surface area contributed by atoms with Crippen LogP contribution in [0.3, 0.4) is 0 Å². The number of aromatic nitrogens is 1. The number of ketones is 1. The Hall–Kier alpha value is -1.68. The van der Waals surface area contributed by atoms with Gasteiger partial charge in [-0.3, -0.25) is 4.79 Å². The molecule has 0 bridgehead atoms. The van der Waals surface area contributed by atoms with Crippen molar-refractivity contribution in [3.05, 3.63) is 45.7 Å². The van der Waals surface area contributed by atoms with E-state index in [1.54, 1.807) is 6.92 Å². The van der Waals surface area contributed by atoms with Crippen LogP contribution in [-0.4, -0.2) is 10.4 Å². The molecule has 1 aromatic heterocycles. The molecule has 0 unspecified atom stereocenters. The maximum Gasteiger partial charge on any atom is 0.190 e. The third kappa shape index (κ3) is 2.43. The Kier molecular flexibility index (Phi) is 3.77. The van der Waals surface area contributed by atoms with Crippen molar-refractivity contribution in [1.82, 2.24) is 4.57 Å². The van der Waals surface area contributed by atoms with E-state index in [9.17, 15) is 4.79 Å². The van der Waals surface area contributed by atoms with Gasteiger partial charge in [0.25, 0.3) is 0 Å². The molecule has 2 aromatic rings. The van der Waals surface area contributed by atoms with E-state index in [-0.39, 0.29) is 5.78 Å². The van der Waals surface area contributed by atoms with E-state index in [0.29, 0.717) is 0 Å². The summed E-state index contributed by atoms with van der Waals surface area (Å²) in [6.45, 7) is 6.46. The van der Waals surface area contributed by atoms with Crippen molar-refractivity contribution < 1.29 is 4.79 Å². The Balaban J connectivity index is 2.61. The van der Waals surface area contributed by atoms with E-state index in [0.717, 1.165) is 27.6 Å². The molecule has 0 saturated carbocycles. The highest BCUT2D eigenvalue weighted by Gasteiger charge is 2.12. The summed E-state index contributed by atoms with van der Waals surface area (Å²) in [4.78, 5) is 17.8. The Bertz CT molecular complexity index is 623. The molecule has 2 rings (SSSR count). The molecule has 3 nitrogen and oxygen atoms in total. The molecule has 1 aromatic carbocycles. The van der Waals surface area contributed by atoms with Gasteiger partial charge in [0.2, 0.25) is 0 Å². The first-order valence-electron chi connectivity index (χ1n) is 5.94. The van der Waals surface area contributed by atoms with Gasteiger partial charge >= 0.3 is 0 Å². The number of nitrogens with zero attached hydrogens (tertiary/aromatic N) is 2. The van der Waals surface area contributed by atoms with Gasteiger partial charge in [-0.15, -0.1) is 0 Å². The molecule has 0 aliphatic carbocycles. The molecule has 18 heavy (non-hydrogen) atoms. The van der Waals surface area contributed by atoms with E-state index < -0.39 is 0 Å². The third-order valence-electron chi connectivity index (χ3n) is 2.77. The van der Waals surface area contributed by atoms with Crippen LogP contribution in [0.4, 0.5) is 5.69 Å². The van der Waals surface area contributed by atoms with Gasteiger partial charge < -0.3 is 4.57 Å². The second-order valence-electron chi connectivity index (χ2n) is 4.05. The topological polar surface area (TPSA) is 34.4 Å². The molecule has 0 amide bonds. The average molecular weight is 260 g/mol. The molecular weight excluding hydrogens is 244 g/mol. The lowest BCUT2D eigenvalue weighted by atomic mass is 10.3. The summed E-state index contributed by atoms with van der Waals surface area (Å²) >= 11 is 1.46. The van der Waals surface area contributed by atoms with Crippen LogP contribution in [0.5, 0.6) is 0 Å². The standard InChI is InChI=1S/C14H16N2OS/c1-4-16-10(2)13(11(3)17)18-14(16)15-12-8-6-5-7-9-12/h5-9H,4H2,1-3H3. The summed E-state index contributed by atoms with van der Waals surface area (Å²) in [6.07, 6.45) is 0. The summed E-state index contributed by atoms with van der Waals surface area (Å²) in [6, 6.07) is 9.81. The number of thiazole rings is 1. The van der Waals surface area contributed by atoms with Crippen LogP contribution in [0.2, 0.25) is 0 Å². The Morgan fingerprint density at radius 2 is 2.00 bits per heavy atom. The van der Waals surface area contributed by atoms with E-state index in [1.807, 2.05) is 37.3 Å². The second kappa shape index (κ2) is 5.31. The van der Waals surface area contributed by atoms with Gasteiger partial charge in [-0.1, -0.05) is 29.5 Å². The van der Waals surface area contributed by atoms with Crippen molar-refractivity contribution in [2.45, 2.75) is 27.3 Å². The maximum absolute atomic E-state index is 11.6. The first-order valence-corrected chi connectivity index (χ1v) is 6.76. The summed E-state index contributed by atoms with van der Waals surface area (Å²) in [7, 11) is 0. The average Bonchev–Trinajstić information content (AvgIpc) is 2.67. The molecule has 0 fully saturated rings. The van der Waals surface area contributed by atoms with E-state index in [4.69, 9.17) is 0 Å². The molecule has 94 valence electrons. The van der Waals surface area contributed by atoms with E-state index in [2.05, 4.69) is 16.5 Å². The van der Waals surface area contributed by atoms with Crippen LogP contribution in [-0.2, 0) is 6.54 Å². The molecule has 0 aliphatic rings. The molecule has 0 spiro atoms. The zero-order valence-electron chi connectivity index (χ0n) is 10.8. The largest absolute Gasteiger partial charge is 0.321 e. The monoisotopic (exact) mass is 260 g/mol. The van der Waals surface area contributed by atoms with Crippen LogP contribution in [0.1, 0.15) is 29.2 Å². The molecule has 0 N–H and O–H groups in total. The van der Waals surface area contributed by atoms with E-state index >= 15 is 0 Å². The van der Waals surface area contributed by atoms with Crippen LogP contribution >= 0.6 is 11.3 Å². The fourth-order valence-electron chi connectivity index (χ4n) is 1.88. The van der Waals surface area contributed by atoms with Crippen LogP contribution in [0.15, 0.2) is 35.3 Å². The Labute approximate surface area is 110 Å². The second-order valence-corrected chi connectivity index (χ2v) is 5.02. The summed E-state index contributed by atoms with van der Waals surface area (Å²) < 4.78 is 2.08. The summed E-state index contributed by atoms with van der Waals surface area (Å²) in [5.41, 5.74) is 1.92. The van der Waals surface area contributed by atoms with Crippen molar-refractivity contribution in [3.63, 3.8) is 0 Å². The number of carbonyl (C=O) groups is 1. The van der Waals surface area contributed by atoms with Crippen LogP contribution in [0, 0.1) is 6.92 Å². The summed E-state index contributed by atoms with van der Waals surface area (Å²) in [5.74, 6) is 0.106. The lowest BCUT2D eigenvalue weighted by Crippen LogP contribution is -2.14. The number of hydrogen-bond acceptors (Lipinski definition) is 3. The predicted octanol–water partition coefficient (Wildman–Crippen LogP) is 3.31. The van der Waals surface area contributed by atoms with Crippen molar-refractivity contribution in [2.24, 2.45) is 4.99 Å². The minimum atomic E-state index is 0.106. The van der Waals surface area contributed by atoms with Gasteiger partial charge in [-0.25, -0.2) is 4.99 Å². The van der Waals surface area contributed by atoms with Crippen molar-refractivity contribution >= 4 is 22.8 Å². The van der Waals surface area contributed by atoms with Crippen molar-refractivity contribution in [2.75, 3.05) is 0 Å². The van der Waals surface area contributed by atoms with Crippen molar-refractivity contribution in [1.29, 1.82) is 0 Å². The molecule has 0 saturated heterocycles. The lowest BCUT2D eigenvalue weighted by Gasteiger charge is -2.01. The highest BCUT2D eigenvalue weighted by molar-refractivity contribution is 7.11. The Morgan fingerprint density at radius 3 is 2.56 bits per heavy atom. The smallest absolute Gasteiger partial charge is 0.190 e. The molecule has 0 radical (unpaired) electrons. The number of para-hydroxylation sites is 1. The molecular formula is C14H16N2OS. The van der Waals surface area contributed by atoms with Gasteiger partial charge in [-0.2, -0.15) is 0 Å². The van der Waals surface area contributed by atoms with Gasteiger partial charge in [0.05, 0.1) is 10.6 Å². The van der Waals surface area contributed by atoms with Crippen LogP contribution < -0.4 is 4.80 Å². The highest BCUT2D eigenvalue weighted by Crippen LogP contribution is 2.15.